The number of aromatic nitrogens is 1. The Kier molecular flexibility index (Phi) is 6.26. The average Bonchev–Trinajstić information content (AvgIpc) is 2.81. The molecule has 0 fully saturated rings. The normalized spacial score (nSPS) is 11.4. The van der Waals surface area contributed by atoms with E-state index in [1.165, 1.54) is 35.9 Å². The van der Waals surface area contributed by atoms with Crippen LogP contribution < -0.4 is 15.6 Å². The molecule has 0 radical (unpaired) electrons. The van der Waals surface area contributed by atoms with Crippen LogP contribution in [0.5, 0.6) is 5.75 Å². The molecule has 0 aliphatic heterocycles. The van der Waals surface area contributed by atoms with Crippen molar-refractivity contribution < 1.29 is 17.9 Å². The highest BCUT2D eigenvalue weighted by Crippen LogP contribution is 2.25. The third kappa shape index (κ3) is 4.32. The van der Waals surface area contributed by atoms with Crippen LogP contribution in [0, 0.1) is 13.8 Å². The quantitative estimate of drug-likeness (QED) is 0.452. The molecule has 4 aromatic rings. The van der Waals surface area contributed by atoms with Gasteiger partial charge in [0.2, 0.25) is 15.7 Å². The second-order valence-electron chi connectivity index (χ2n) is 7.94. The lowest BCUT2D eigenvalue weighted by atomic mass is 10.1. The summed E-state index contributed by atoms with van der Waals surface area (Å²) >= 11 is 0. The number of hydrogen-bond acceptors (Lipinski definition) is 5. The molecule has 3 aromatic carbocycles. The number of anilines is 1. The molecule has 0 saturated carbocycles. The minimum Gasteiger partial charge on any atom is -0.497 e. The van der Waals surface area contributed by atoms with E-state index in [2.05, 4.69) is 5.32 Å². The predicted molar refractivity (Wildman–Crippen MR) is 131 cm³/mol. The fourth-order valence-corrected chi connectivity index (χ4v) is 5.53. The van der Waals surface area contributed by atoms with Gasteiger partial charge in [-0.3, -0.25) is 9.59 Å². The Labute approximate surface area is 197 Å². The summed E-state index contributed by atoms with van der Waals surface area (Å²) in [5.74, 6) is 0.0697. The van der Waals surface area contributed by atoms with E-state index >= 15 is 0 Å². The molecule has 0 saturated heterocycles. The van der Waals surface area contributed by atoms with Crippen molar-refractivity contribution in [1.82, 2.24) is 4.57 Å². The highest BCUT2D eigenvalue weighted by atomic mass is 32.2. The summed E-state index contributed by atoms with van der Waals surface area (Å²) in [6, 6.07) is 20.6. The number of hydrogen-bond donors (Lipinski definition) is 1. The van der Waals surface area contributed by atoms with Gasteiger partial charge in [-0.25, -0.2) is 8.42 Å². The highest BCUT2D eigenvalue weighted by Gasteiger charge is 2.26. The smallest absolute Gasteiger partial charge is 0.270 e. The first-order valence-electron chi connectivity index (χ1n) is 10.6. The number of sulfone groups is 1. The maximum absolute atomic E-state index is 13.3. The topological polar surface area (TPSA) is 94.5 Å². The third-order valence-corrected chi connectivity index (χ3v) is 7.58. The van der Waals surface area contributed by atoms with Crippen molar-refractivity contribution in [3.05, 3.63) is 94.4 Å². The molecule has 4 rings (SSSR count). The summed E-state index contributed by atoms with van der Waals surface area (Å²) in [4.78, 5) is 25.8. The van der Waals surface area contributed by atoms with Gasteiger partial charge in [0, 0.05) is 16.8 Å². The number of rotatable bonds is 6. The first-order valence-corrected chi connectivity index (χ1v) is 12.1. The molecule has 7 nitrogen and oxygen atoms in total. The predicted octanol–water partition coefficient (Wildman–Crippen LogP) is 4.10. The fourth-order valence-electron chi connectivity index (χ4n) is 3.97. The van der Waals surface area contributed by atoms with Gasteiger partial charge >= 0.3 is 0 Å². The van der Waals surface area contributed by atoms with E-state index in [-0.39, 0.29) is 16.3 Å². The van der Waals surface area contributed by atoms with Crippen molar-refractivity contribution in [2.24, 2.45) is 0 Å². The van der Waals surface area contributed by atoms with Gasteiger partial charge in [0.05, 0.1) is 12.0 Å². The minimum atomic E-state index is -4.11. The maximum Gasteiger partial charge on any atom is 0.270 e. The maximum atomic E-state index is 13.3. The van der Waals surface area contributed by atoms with E-state index in [0.29, 0.717) is 22.7 Å². The van der Waals surface area contributed by atoms with Crippen LogP contribution in [0.3, 0.4) is 0 Å². The number of ether oxygens (including phenoxy) is 1. The molecule has 0 bridgehead atoms. The number of nitrogens with one attached hydrogen (secondary N) is 1. The number of benzene rings is 3. The molecular formula is C26H24N2O5S. The molecule has 1 heterocycles. The Balaban J connectivity index is 1.70. The molecule has 0 atom stereocenters. The number of methoxy groups -OCH3 is 1. The van der Waals surface area contributed by atoms with Gasteiger partial charge in [-0.15, -0.1) is 0 Å². The van der Waals surface area contributed by atoms with Crippen molar-refractivity contribution >= 4 is 32.2 Å². The van der Waals surface area contributed by atoms with E-state index in [1.807, 2.05) is 36.4 Å². The van der Waals surface area contributed by atoms with Crippen LogP contribution in [0.4, 0.5) is 5.69 Å². The summed E-state index contributed by atoms with van der Waals surface area (Å²) in [5.41, 5.74) is 0.696. The molecule has 0 unspecified atom stereocenters. The second kappa shape index (κ2) is 9.15. The van der Waals surface area contributed by atoms with Crippen LogP contribution in [-0.4, -0.2) is 26.0 Å². The molecule has 8 heteroatoms. The van der Waals surface area contributed by atoms with Gasteiger partial charge in [-0.2, -0.15) is 0 Å². The van der Waals surface area contributed by atoms with Crippen LogP contribution >= 0.6 is 0 Å². The monoisotopic (exact) mass is 476 g/mol. The second-order valence-corrected chi connectivity index (χ2v) is 9.83. The molecule has 0 spiro atoms. The SMILES string of the molecule is COc1ccc(S(=O)(=O)c2c(C)cc(C)n(CC(=O)Nc3cccc4ccccc34)c2=O)cc1. The van der Waals surface area contributed by atoms with E-state index in [9.17, 15) is 18.0 Å². The number of amides is 1. The summed E-state index contributed by atoms with van der Waals surface area (Å²) < 4.78 is 32.9. The Morgan fingerprint density at radius 1 is 0.971 bits per heavy atom. The lowest BCUT2D eigenvalue weighted by Gasteiger charge is -2.15. The summed E-state index contributed by atoms with van der Waals surface area (Å²) in [7, 11) is -2.63. The summed E-state index contributed by atoms with van der Waals surface area (Å²) in [6.45, 7) is 2.92. The van der Waals surface area contributed by atoms with Crippen LogP contribution in [0.25, 0.3) is 10.8 Å². The van der Waals surface area contributed by atoms with Gasteiger partial charge in [-0.05, 0) is 61.2 Å². The molecule has 1 N–H and O–H groups in total. The number of fused-ring (bicyclic) bond motifs is 1. The lowest BCUT2D eigenvalue weighted by molar-refractivity contribution is -0.116. The lowest BCUT2D eigenvalue weighted by Crippen LogP contribution is -2.33. The van der Waals surface area contributed by atoms with E-state index in [1.54, 1.807) is 26.0 Å². The average molecular weight is 477 g/mol. The third-order valence-electron chi connectivity index (χ3n) is 5.65. The summed E-state index contributed by atoms with van der Waals surface area (Å²) in [6.07, 6.45) is 0. The first-order chi connectivity index (χ1) is 16.2. The van der Waals surface area contributed by atoms with Crippen molar-refractivity contribution in [2.45, 2.75) is 30.2 Å². The van der Waals surface area contributed by atoms with Crippen LogP contribution in [0.2, 0.25) is 0 Å². The van der Waals surface area contributed by atoms with E-state index in [0.717, 1.165) is 10.8 Å². The van der Waals surface area contributed by atoms with Crippen LogP contribution in [-0.2, 0) is 21.2 Å². The van der Waals surface area contributed by atoms with Gasteiger partial charge in [0.15, 0.2) is 0 Å². The zero-order valence-electron chi connectivity index (χ0n) is 19.0. The van der Waals surface area contributed by atoms with Crippen LogP contribution in [0.15, 0.2) is 87.4 Å². The number of aryl methyl sites for hydroxylation is 2. The molecule has 174 valence electrons. The number of pyridine rings is 1. The van der Waals surface area contributed by atoms with Crippen molar-refractivity contribution in [3.63, 3.8) is 0 Å². The highest BCUT2D eigenvalue weighted by molar-refractivity contribution is 7.91. The van der Waals surface area contributed by atoms with E-state index < -0.39 is 21.3 Å². The first kappa shape index (κ1) is 23.3. The Bertz CT molecular complexity index is 1550. The molecule has 0 aliphatic carbocycles. The van der Waals surface area contributed by atoms with Gasteiger partial charge in [-0.1, -0.05) is 36.4 Å². The Hall–Kier alpha value is -3.91. The molecular weight excluding hydrogens is 452 g/mol. The zero-order valence-corrected chi connectivity index (χ0v) is 19.8. The summed E-state index contributed by atoms with van der Waals surface area (Å²) in [5, 5.41) is 4.68. The Morgan fingerprint density at radius 3 is 2.35 bits per heavy atom. The Morgan fingerprint density at radius 2 is 1.65 bits per heavy atom. The number of nitrogens with zero attached hydrogens (tertiary/aromatic N) is 1. The molecule has 1 aromatic heterocycles. The molecule has 0 aliphatic rings. The number of carbonyl (C=O) groups excluding carboxylic acids is 1. The van der Waals surface area contributed by atoms with Crippen LogP contribution in [0.1, 0.15) is 11.3 Å². The van der Waals surface area contributed by atoms with Gasteiger partial charge in [0.25, 0.3) is 5.56 Å². The minimum absolute atomic E-state index is 0.0240. The number of carbonyl (C=O) groups is 1. The van der Waals surface area contributed by atoms with Crippen molar-refractivity contribution in [2.75, 3.05) is 12.4 Å². The van der Waals surface area contributed by atoms with Gasteiger partial charge in [0.1, 0.15) is 17.2 Å². The standard InChI is InChI=1S/C26H24N2O5S/c1-17-15-18(2)28(16-24(29)27-23-10-6-8-19-7-4-5-9-22(19)23)26(30)25(17)34(31,32)21-13-11-20(33-3)12-14-21/h4-15H,16H2,1-3H3,(H,27,29). The molecule has 34 heavy (non-hydrogen) atoms. The van der Waals surface area contributed by atoms with Crippen molar-refractivity contribution in [3.8, 4) is 5.75 Å². The largest absolute Gasteiger partial charge is 0.497 e. The van der Waals surface area contributed by atoms with Gasteiger partial charge < -0.3 is 14.6 Å². The zero-order chi connectivity index (χ0) is 24.5. The van der Waals surface area contributed by atoms with E-state index in [4.69, 9.17) is 4.74 Å². The fraction of sp³-hybridized carbons (Fsp3) is 0.154. The van der Waals surface area contributed by atoms with Crippen molar-refractivity contribution in [1.29, 1.82) is 0 Å². The molecule has 1 amide bonds.